The van der Waals surface area contributed by atoms with E-state index in [1.165, 1.54) is 25.7 Å². The summed E-state index contributed by atoms with van der Waals surface area (Å²) < 4.78 is 0. The van der Waals surface area contributed by atoms with Crippen molar-refractivity contribution in [2.75, 3.05) is 13.1 Å². The van der Waals surface area contributed by atoms with Crippen molar-refractivity contribution in [3.63, 3.8) is 0 Å². The maximum atomic E-state index is 11.1. The fraction of sp³-hybridized carbons (Fsp3) is 0.923. The van der Waals surface area contributed by atoms with E-state index in [4.69, 9.17) is 5.11 Å². The van der Waals surface area contributed by atoms with Crippen LogP contribution in [0.2, 0.25) is 0 Å². The number of carboxylic acid groups (broad SMARTS) is 1. The van der Waals surface area contributed by atoms with Crippen molar-refractivity contribution < 1.29 is 9.90 Å². The highest BCUT2D eigenvalue weighted by Gasteiger charge is 2.37. The number of hydrogen-bond acceptors (Lipinski definition) is 3. The number of carboxylic acids is 1. The highest BCUT2D eigenvalue weighted by molar-refractivity contribution is 5.70. The van der Waals surface area contributed by atoms with Crippen molar-refractivity contribution >= 4 is 5.97 Å². The molecule has 0 aromatic rings. The van der Waals surface area contributed by atoms with Crippen LogP contribution in [0.25, 0.3) is 0 Å². The summed E-state index contributed by atoms with van der Waals surface area (Å²) in [6.07, 6.45) is 4.97. The van der Waals surface area contributed by atoms with E-state index >= 15 is 0 Å². The van der Waals surface area contributed by atoms with Crippen molar-refractivity contribution in [2.24, 2.45) is 5.92 Å². The molecule has 0 bridgehead atoms. The Balaban J connectivity index is 1.93. The molecule has 4 heteroatoms. The zero-order valence-electron chi connectivity index (χ0n) is 10.9. The lowest BCUT2D eigenvalue weighted by atomic mass is 10.0. The van der Waals surface area contributed by atoms with E-state index in [0.29, 0.717) is 12.1 Å². The quantitative estimate of drug-likeness (QED) is 0.735. The normalized spacial score (nSPS) is 28.3. The van der Waals surface area contributed by atoms with Crippen LogP contribution in [0.1, 0.15) is 39.5 Å². The lowest BCUT2D eigenvalue weighted by Gasteiger charge is -2.33. The average molecular weight is 240 g/mol. The zero-order chi connectivity index (χ0) is 12.4. The van der Waals surface area contributed by atoms with Gasteiger partial charge in [0, 0.05) is 24.7 Å². The second-order valence-corrected chi connectivity index (χ2v) is 5.59. The molecule has 1 saturated heterocycles. The van der Waals surface area contributed by atoms with Gasteiger partial charge in [-0.15, -0.1) is 0 Å². The molecule has 0 amide bonds. The van der Waals surface area contributed by atoms with Gasteiger partial charge in [-0.1, -0.05) is 6.92 Å². The number of rotatable bonds is 6. The molecular weight excluding hydrogens is 216 g/mol. The first-order chi connectivity index (χ1) is 8.09. The Hall–Kier alpha value is -0.610. The summed E-state index contributed by atoms with van der Waals surface area (Å²) in [6, 6.07) is 1.34. The van der Waals surface area contributed by atoms with Gasteiger partial charge in [-0.25, -0.2) is 0 Å². The zero-order valence-corrected chi connectivity index (χ0v) is 10.9. The fourth-order valence-corrected chi connectivity index (χ4v) is 2.71. The molecule has 4 nitrogen and oxygen atoms in total. The summed E-state index contributed by atoms with van der Waals surface area (Å²) in [5.74, 6) is -0.959. The van der Waals surface area contributed by atoms with Crippen molar-refractivity contribution in [3.8, 4) is 0 Å². The van der Waals surface area contributed by atoms with E-state index in [1.807, 2.05) is 6.92 Å². The predicted molar refractivity (Wildman–Crippen MR) is 67.0 cm³/mol. The Labute approximate surface area is 103 Å². The number of nitrogens with one attached hydrogen (secondary N) is 1. The highest BCUT2D eigenvalue weighted by Crippen LogP contribution is 2.31. The predicted octanol–water partition coefficient (Wildman–Crippen LogP) is 1.31. The third kappa shape index (κ3) is 3.19. The molecule has 2 N–H and O–H groups in total. The molecule has 1 aliphatic heterocycles. The van der Waals surface area contributed by atoms with Crippen molar-refractivity contribution in [1.29, 1.82) is 0 Å². The molecule has 2 rings (SSSR count). The summed E-state index contributed by atoms with van der Waals surface area (Å²) in [5.41, 5.74) is 0. The molecule has 0 aromatic carbocycles. The molecule has 2 aliphatic rings. The molecule has 0 aromatic heterocycles. The molecule has 1 saturated carbocycles. The van der Waals surface area contributed by atoms with Crippen LogP contribution in [0.3, 0.4) is 0 Å². The molecule has 0 spiro atoms. The Morgan fingerprint density at radius 2 is 2.12 bits per heavy atom. The lowest BCUT2D eigenvalue weighted by Crippen LogP contribution is -2.47. The van der Waals surface area contributed by atoms with Gasteiger partial charge in [0.15, 0.2) is 0 Å². The summed E-state index contributed by atoms with van der Waals surface area (Å²) in [7, 11) is 0. The summed E-state index contributed by atoms with van der Waals surface area (Å²) in [5, 5.41) is 12.6. The van der Waals surface area contributed by atoms with E-state index in [9.17, 15) is 4.79 Å². The van der Waals surface area contributed by atoms with Crippen molar-refractivity contribution in [3.05, 3.63) is 0 Å². The van der Waals surface area contributed by atoms with Crippen LogP contribution < -0.4 is 5.32 Å². The maximum Gasteiger partial charge on any atom is 0.307 e. The molecule has 17 heavy (non-hydrogen) atoms. The Morgan fingerprint density at radius 3 is 2.59 bits per heavy atom. The second-order valence-electron chi connectivity index (χ2n) is 5.59. The van der Waals surface area contributed by atoms with Crippen LogP contribution in [0.5, 0.6) is 0 Å². The van der Waals surface area contributed by atoms with E-state index < -0.39 is 5.97 Å². The molecule has 2 fully saturated rings. The Bertz CT molecular complexity index is 273. The average Bonchev–Trinajstić information content (AvgIpc) is 3.01. The summed E-state index contributed by atoms with van der Waals surface area (Å²) in [4.78, 5) is 13.5. The molecule has 1 heterocycles. The van der Waals surface area contributed by atoms with E-state index in [-0.39, 0.29) is 12.0 Å². The van der Waals surface area contributed by atoms with Crippen molar-refractivity contribution in [1.82, 2.24) is 10.2 Å². The fourth-order valence-electron chi connectivity index (χ4n) is 2.71. The Kier molecular flexibility index (Phi) is 4.05. The molecule has 3 atom stereocenters. The van der Waals surface area contributed by atoms with Crippen LogP contribution in [-0.4, -0.2) is 47.2 Å². The first-order valence-electron chi connectivity index (χ1n) is 6.81. The van der Waals surface area contributed by atoms with Gasteiger partial charge in [0.05, 0.1) is 5.92 Å². The van der Waals surface area contributed by atoms with Gasteiger partial charge >= 0.3 is 5.97 Å². The minimum absolute atomic E-state index is 0.141. The Morgan fingerprint density at radius 1 is 1.41 bits per heavy atom. The third-order valence-corrected chi connectivity index (χ3v) is 4.25. The second kappa shape index (κ2) is 5.36. The monoisotopic (exact) mass is 240 g/mol. The molecule has 1 aliphatic carbocycles. The van der Waals surface area contributed by atoms with Crippen molar-refractivity contribution in [2.45, 2.75) is 57.7 Å². The van der Waals surface area contributed by atoms with Crippen LogP contribution in [0.15, 0.2) is 0 Å². The molecule has 98 valence electrons. The minimum atomic E-state index is -0.678. The number of hydrogen-bond donors (Lipinski definition) is 2. The van der Waals surface area contributed by atoms with Gasteiger partial charge in [0.2, 0.25) is 0 Å². The van der Waals surface area contributed by atoms with E-state index in [0.717, 1.165) is 13.1 Å². The molecular formula is C13H24N2O2. The third-order valence-electron chi connectivity index (χ3n) is 4.25. The topological polar surface area (TPSA) is 52.6 Å². The highest BCUT2D eigenvalue weighted by atomic mass is 16.4. The first-order valence-corrected chi connectivity index (χ1v) is 6.81. The number of nitrogens with zero attached hydrogens (tertiary/aromatic N) is 1. The van der Waals surface area contributed by atoms with Crippen LogP contribution in [0, 0.1) is 5.92 Å². The van der Waals surface area contributed by atoms with Crippen LogP contribution >= 0.6 is 0 Å². The van der Waals surface area contributed by atoms with Gasteiger partial charge < -0.3 is 10.4 Å². The summed E-state index contributed by atoms with van der Waals surface area (Å²) >= 11 is 0. The lowest BCUT2D eigenvalue weighted by molar-refractivity contribution is -0.143. The van der Waals surface area contributed by atoms with E-state index in [1.54, 1.807) is 0 Å². The van der Waals surface area contributed by atoms with Gasteiger partial charge in [0.25, 0.3) is 0 Å². The smallest absolute Gasteiger partial charge is 0.307 e. The van der Waals surface area contributed by atoms with Crippen LogP contribution in [-0.2, 0) is 4.79 Å². The number of carbonyl (C=O) groups is 1. The van der Waals surface area contributed by atoms with Gasteiger partial charge in [-0.05, 0) is 39.2 Å². The van der Waals surface area contributed by atoms with Gasteiger partial charge in [-0.3, -0.25) is 9.69 Å². The van der Waals surface area contributed by atoms with E-state index in [2.05, 4.69) is 17.1 Å². The minimum Gasteiger partial charge on any atom is -0.481 e. The van der Waals surface area contributed by atoms with Gasteiger partial charge in [0.1, 0.15) is 0 Å². The number of aliphatic carboxylic acids is 1. The largest absolute Gasteiger partial charge is 0.481 e. The SMILES string of the molecule is CC(C(=O)O)C(C)N(CC1CCCN1)C1CC1. The van der Waals surface area contributed by atoms with Gasteiger partial charge in [-0.2, -0.15) is 0 Å². The molecule has 3 unspecified atom stereocenters. The molecule has 0 radical (unpaired) electrons. The first kappa shape index (κ1) is 12.8. The standard InChI is InChI=1S/C13H24N2O2/c1-9(13(16)17)10(2)15(12-5-6-12)8-11-4-3-7-14-11/h9-12,14H,3-8H2,1-2H3,(H,16,17). The van der Waals surface area contributed by atoms with Crippen LogP contribution in [0.4, 0.5) is 0 Å². The summed E-state index contributed by atoms with van der Waals surface area (Å²) in [6.45, 7) is 6.02. The maximum absolute atomic E-state index is 11.1.